The molecule has 1 aliphatic heterocycles. The van der Waals surface area contributed by atoms with Crippen molar-refractivity contribution in [1.82, 2.24) is 15.6 Å². The Morgan fingerprint density at radius 3 is 3.19 bits per heavy atom. The van der Waals surface area contributed by atoms with Gasteiger partial charge in [-0.05, 0) is 50.2 Å². The van der Waals surface area contributed by atoms with Gasteiger partial charge in [0.05, 0.1) is 10.6 Å². The van der Waals surface area contributed by atoms with E-state index in [0.717, 1.165) is 46.5 Å². The molecule has 1 amide bonds. The van der Waals surface area contributed by atoms with Gasteiger partial charge in [-0.1, -0.05) is 6.07 Å². The number of hydrogen-bond acceptors (Lipinski definition) is 5. The van der Waals surface area contributed by atoms with Crippen LogP contribution in [-0.2, 0) is 0 Å². The van der Waals surface area contributed by atoms with Crippen molar-refractivity contribution in [1.29, 1.82) is 0 Å². The number of aryl methyl sites for hydroxylation is 1. The van der Waals surface area contributed by atoms with Crippen molar-refractivity contribution in [3.05, 3.63) is 28.1 Å². The molecule has 1 saturated heterocycles. The fourth-order valence-electron chi connectivity index (χ4n) is 2.54. The highest BCUT2D eigenvalue weighted by molar-refractivity contribution is 7.22. The van der Waals surface area contributed by atoms with Crippen molar-refractivity contribution in [3.8, 4) is 9.88 Å². The quantitative estimate of drug-likeness (QED) is 0.890. The fraction of sp³-hybridized carbons (Fsp3) is 0.467. The van der Waals surface area contributed by atoms with Crippen LogP contribution in [0.2, 0.25) is 0 Å². The third-order valence-electron chi connectivity index (χ3n) is 3.74. The molecule has 1 unspecified atom stereocenters. The van der Waals surface area contributed by atoms with Gasteiger partial charge in [0.2, 0.25) is 0 Å². The van der Waals surface area contributed by atoms with Gasteiger partial charge in [-0.25, -0.2) is 4.98 Å². The lowest BCUT2D eigenvalue weighted by Gasteiger charge is -2.08. The smallest absolute Gasteiger partial charge is 0.263 e. The molecule has 2 aromatic rings. The van der Waals surface area contributed by atoms with Gasteiger partial charge in [0.15, 0.2) is 0 Å². The second kappa shape index (κ2) is 6.68. The molecular weight excluding hydrogens is 302 g/mol. The van der Waals surface area contributed by atoms with E-state index in [0.29, 0.717) is 5.92 Å². The Hall–Kier alpha value is -1.24. The van der Waals surface area contributed by atoms with Gasteiger partial charge >= 0.3 is 0 Å². The normalized spacial score (nSPS) is 18.0. The number of thiophene rings is 1. The first-order valence-corrected chi connectivity index (χ1v) is 8.94. The van der Waals surface area contributed by atoms with Crippen LogP contribution >= 0.6 is 22.7 Å². The maximum Gasteiger partial charge on any atom is 0.263 e. The van der Waals surface area contributed by atoms with Crippen LogP contribution < -0.4 is 10.6 Å². The van der Waals surface area contributed by atoms with E-state index >= 15 is 0 Å². The first kappa shape index (κ1) is 14.7. The highest BCUT2D eigenvalue weighted by Gasteiger charge is 2.18. The summed E-state index contributed by atoms with van der Waals surface area (Å²) >= 11 is 3.14. The van der Waals surface area contributed by atoms with Gasteiger partial charge in [0.1, 0.15) is 9.88 Å². The number of carbonyl (C=O) groups excluding carboxylic acids is 1. The minimum absolute atomic E-state index is 0.0127. The fourth-order valence-corrected chi connectivity index (χ4v) is 4.32. The Labute approximate surface area is 132 Å². The molecule has 3 rings (SSSR count). The molecule has 4 nitrogen and oxygen atoms in total. The molecular formula is C15H19N3OS2. The number of rotatable bonds is 5. The number of thiazole rings is 1. The molecule has 0 saturated carbocycles. The molecule has 0 aliphatic carbocycles. The summed E-state index contributed by atoms with van der Waals surface area (Å²) in [7, 11) is 0. The summed E-state index contributed by atoms with van der Waals surface area (Å²) in [6.07, 6.45) is 2.27. The van der Waals surface area contributed by atoms with Crippen LogP contribution in [0, 0.1) is 12.8 Å². The van der Waals surface area contributed by atoms with Crippen LogP contribution in [0.4, 0.5) is 0 Å². The number of aromatic nitrogens is 1. The zero-order valence-electron chi connectivity index (χ0n) is 12.0. The van der Waals surface area contributed by atoms with Crippen LogP contribution in [0.25, 0.3) is 9.88 Å². The molecule has 0 bridgehead atoms. The molecule has 1 atom stereocenters. The Bertz CT molecular complexity index is 600. The molecule has 1 fully saturated rings. The number of hydrogen-bond donors (Lipinski definition) is 2. The Balaban J connectivity index is 1.59. The van der Waals surface area contributed by atoms with Crippen molar-refractivity contribution in [2.24, 2.45) is 5.92 Å². The number of nitrogens with zero attached hydrogens (tertiary/aromatic N) is 1. The predicted octanol–water partition coefficient (Wildman–Crippen LogP) is 2.91. The van der Waals surface area contributed by atoms with Crippen molar-refractivity contribution in [3.63, 3.8) is 0 Å². The van der Waals surface area contributed by atoms with Gasteiger partial charge in [-0.15, -0.1) is 22.7 Å². The van der Waals surface area contributed by atoms with E-state index in [1.165, 1.54) is 17.8 Å². The minimum atomic E-state index is 0.0127. The molecule has 3 heterocycles. The Morgan fingerprint density at radius 1 is 1.57 bits per heavy atom. The van der Waals surface area contributed by atoms with E-state index in [4.69, 9.17) is 0 Å². The van der Waals surface area contributed by atoms with E-state index in [9.17, 15) is 4.79 Å². The van der Waals surface area contributed by atoms with Crippen LogP contribution in [0.5, 0.6) is 0 Å². The zero-order chi connectivity index (χ0) is 14.7. The first-order chi connectivity index (χ1) is 10.2. The topological polar surface area (TPSA) is 54.0 Å². The monoisotopic (exact) mass is 321 g/mol. The van der Waals surface area contributed by atoms with Crippen molar-refractivity contribution >= 4 is 28.6 Å². The lowest BCUT2D eigenvalue weighted by Crippen LogP contribution is -2.26. The lowest BCUT2D eigenvalue weighted by atomic mass is 10.1. The molecule has 2 aromatic heterocycles. The molecule has 112 valence electrons. The molecule has 0 spiro atoms. The largest absolute Gasteiger partial charge is 0.351 e. The van der Waals surface area contributed by atoms with E-state index in [1.807, 2.05) is 24.4 Å². The van der Waals surface area contributed by atoms with Gasteiger partial charge in [0.25, 0.3) is 5.91 Å². The second-order valence-corrected chi connectivity index (χ2v) is 7.26. The third-order valence-corrected chi connectivity index (χ3v) is 5.93. The first-order valence-electron chi connectivity index (χ1n) is 7.24. The SMILES string of the molecule is Cc1nc(-c2cccs2)sc1C(=O)NCCC1CCNC1. The van der Waals surface area contributed by atoms with Gasteiger partial charge in [0, 0.05) is 6.54 Å². The van der Waals surface area contributed by atoms with E-state index < -0.39 is 0 Å². The Morgan fingerprint density at radius 2 is 2.48 bits per heavy atom. The van der Waals surface area contributed by atoms with Gasteiger partial charge < -0.3 is 10.6 Å². The highest BCUT2D eigenvalue weighted by atomic mass is 32.1. The summed E-state index contributed by atoms with van der Waals surface area (Å²) in [4.78, 5) is 18.7. The summed E-state index contributed by atoms with van der Waals surface area (Å²) in [6, 6.07) is 4.05. The van der Waals surface area contributed by atoms with Crippen molar-refractivity contribution < 1.29 is 4.79 Å². The van der Waals surface area contributed by atoms with E-state index in [-0.39, 0.29) is 5.91 Å². The van der Waals surface area contributed by atoms with Gasteiger partial charge in [-0.3, -0.25) is 4.79 Å². The maximum atomic E-state index is 12.3. The average molecular weight is 321 g/mol. The second-order valence-electron chi connectivity index (χ2n) is 5.31. The van der Waals surface area contributed by atoms with Gasteiger partial charge in [-0.2, -0.15) is 0 Å². The molecule has 6 heteroatoms. The average Bonchev–Trinajstić information content (AvgIpc) is 3.19. The van der Waals surface area contributed by atoms with Crippen LogP contribution in [-0.4, -0.2) is 30.5 Å². The predicted molar refractivity (Wildman–Crippen MR) is 88.1 cm³/mol. The maximum absolute atomic E-state index is 12.3. The summed E-state index contributed by atoms with van der Waals surface area (Å²) in [5.41, 5.74) is 0.823. The number of carbonyl (C=O) groups is 1. The van der Waals surface area contributed by atoms with Crippen LogP contribution in [0.1, 0.15) is 28.2 Å². The van der Waals surface area contributed by atoms with E-state index in [2.05, 4.69) is 15.6 Å². The van der Waals surface area contributed by atoms with Crippen molar-refractivity contribution in [2.75, 3.05) is 19.6 Å². The number of amides is 1. The van der Waals surface area contributed by atoms with E-state index in [1.54, 1.807) is 11.3 Å². The van der Waals surface area contributed by atoms with Crippen molar-refractivity contribution in [2.45, 2.75) is 19.8 Å². The Kier molecular flexibility index (Phi) is 4.67. The summed E-state index contributed by atoms with van der Waals surface area (Å²) in [5.74, 6) is 0.716. The lowest BCUT2D eigenvalue weighted by molar-refractivity contribution is 0.0955. The third kappa shape index (κ3) is 3.51. The minimum Gasteiger partial charge on any atom is -0.351 e. The van der Waals surface area contributed by atoms with Crippen LogP contribution in [0.15, 0.2) is 17.5 Å². The molecule has 1 aliphatic rings. The molecule has 0 aromatic carbocycles. The molecule has 0 radical (unpaired) electrons. The summed E-state index contributed by atoms with van der Waals surface area (Å²) in [6.45, 7) is 4.84. The number of nitrogens with one attached hydrogen (secondary N) is 2. The zero-order valence-corrected chi connectivity index (χ0v) is 13.6. The highest BCUT2D eigenvalue weighted by Crippen LogP contribution is 2.30. The van der Waals surface area contributed by atoms with Crippen LogP contribution in [0.3, 0.4) is 0 Å². The molecule has 2 N–H and O–H groups in total. The summed E-state index contributed by atoms with van der Waals surface area (Å²) in [5, 5.41) is 9.35. The summed E-state index contributed by atoms with van der Waals surface area (Å²) < 4.78 is 0. The molecule has 21 heavy (non-hydrogen) atoms. The standard InChI is InChI=1S/C15H19N3OS2/c1-10-13(21-15(18-10)12-3-2-8-20-12)14(19)17-7-5-11-4-6-16-9-11/h2-3,8,11,16H,4-7,9H2,1H3,(H,17,19).